The molecule has 2 rings (SSSR count). The second-order valence-electron chi connectivity index (χ2n) is 4.00. The Labute approximate surface area is 109 Å². The van der Waals surface area contributed by atoms with Gasteiger partial charge in [-0.15, -0.1) is 0 Å². The zero-order chi connectivity index (χ0) is 12.3. The number of nitrogens with zero attached hydrogens (tertiary/aromatic N) is 1. The summed E-state index contributed by atoms with van der Waals surface area (Å²) in [4.78, 5) is 4.05. The molecule has 1 saturated heterocycles. The highest BCUT2D eigenvalue weighted by molar-refractivity contribution is 9.10. The van der Waals surface area contributed by atoms with E-state index in [1.807, 2.05) is 0 Å². The maximum Gasteiger partial charge on any atom is 0.242 e. The number of aromatic nitrogens is 1. The van der Waals surface area contributed by atoms with Crippen molar-refractivity contribution >= 4 is 26.0 Å². The van der Waals surface area contributed by atoms with Gasteiger partial charge in [-0.3, -0.25) is 4.98 Å². The predicted octanol–water partition coefficient (Wildman–Crippen LogP) is 0.874. The van der Waals surface area contributed by atoms with E-state index in [0.717, 1.165) is 19.4 Å². The van der Waals surface area contributed by atoms with Gasteiger partial charge >= 0.3 is 0 Å². The molecule has 0 aromatic carbocycles. The molecule has 0 bridgehead atoms. The maximum atomic E-state index is 12.1. The summed E-state index contributed by atoms with van der Waals surface area (Å²) in [6.45, 7) is 1.64. The molecule has 2 heterocycles. The first-order valence-corrected chi connectivity index (χ1v) is 7.69. The first-order chi connectivity index (χ1) is 8.08. The number of rotatable bonds is 3. The molecule has 0 saturated carbocycles. The third-order valence-electron chi connectivity index (χ3n) is 2.61. The molecule has 1 fully saturated rings. The third kappa shape index (κ3) is 3.48. The fourth-order valence-corrected chi connectivity index (χ4v) is 3.55. The molecule has 5 nitrogen and oxygen atoms in total. The van der Waals surface area contributed by atoms with Crippen molar-refractivity contribution in [3.8, 4) is 0 Å². The van der Waals surface area contributed by atoms with E-state index >= 15 is 0 Å². The van der Waals surface area contributed by atoms with Crippen molar-refractivity contribution in [1.29, 1.82) is 0 Å². The van der Waals surface area contributed by atoms with Gasteiger partial charge in [0, 0.05) is 29.5 Å². The fourth-order valence-electron chi connectivity index (χ4n) is 1.78. The van der Waals surface area contributed by atoms with Crippen LogP contribution < -0.4 is 10.0 Å². The van der Waals surface area contributed by atoms with Crippen molar-refractivity contribution in [2.24, 2.45) is 0 Å². The van der Waals surface area contributed by atoms with Crippen LogP contribution in [0.2, 0.25) is 0 Å². The molecule has 0 amide bonds. The van der Waals surface area contributed by atoms with E-state index in [9.17, 15) is 8.42 Å². The van der Waals surface area contributed by atoms with Gasteiger partial charge in [-0.25, -0.2) is 13.1 Å². The third-order valence-corrected chi connectivity index (χ3v) is 4.53. The van der Waals surface area contributed by atoms with E-state index in [4.69, 9.17) is 0 Å². The van der Waals surface area contributed by atoms with Crippen LogP contribution in [-0.4, -0.2) is 32.5 Å². The quantitative estimate of drug-likeness (QED) is 0.867. The Kier molecular flexibility index (Phi) is 4.13. The van der Waals surface area contributed by atoms with Crippen LogP contribution >= 0.6 is 15.9 Å². The first kappa shape index (κ1) is 12.9. The van der Waals surface area contributed by atoms with Gasteiger partial charge in [-0.2, -0.15) is 0 Å². The number of nitrogens with one attached hydrogen (secondary N) is 2. The number of hydrogen-bond donors (Lipinski definition) is 2. The molecule has 0 radical (unpaired) electrons. The van der Waals surface area contributed by atoms with Crippen LogP contribution in [-0.2, 0) is 10.0 Å². The molecule has 0 spiro atoms. The highest BCUT2D eigenvalue weighted by atomic mass is 79.9. The summed E-state index contributed by atoms with van der Waals surface area (Å²) in [7, 11) is -3.46. The highest BCUT2D eigenvalue weighted by Crippen LogP contribution is 2.15. The zero-order valence-corrected chi connectivity index (χ0v) is 11.6. The molecule has 1 aliphatic rings. The van der Waals surface area contributed by atoms with Gasteiger partial charge in [0.2, 0.25) is 10.0 Å². The van der Waals surface area contributed by atoms with E-state index in [2.05, 4.69) is 31.0 Å². The van der Waals surface area contributed by atoms with Crippen LogP contribution in [0.25, 0.3) is 0 Å². The summed E-state index contributed by atoms with van der Waals surface area (Å²) < 4.78 is 27.4. The van der Waals surface area contributed by atoms with Crippen LogP contribution in [0.1, 0.15) is 12.8 Å². The molecule has 1 aliphatic heterocycles. The lowest BCUT2D eigenvalue weighted by molar-refractivity contribution is 0.428. The normalized spacial score (nSPS) is 21.4. The van der Waals surface area contributed by atoms with Gasteiger partial charge in [0.15, 0.2) is 0 Å². The number of pyridine rings is 1. The van der Waals surface area contributed by atoms with Crippen LogP contribution in [0.4, 0.5) is 0 Å². The lowest BCUT2D eigenvalue weighted by Crippen LogP contribution is -2.45. The van der Waals surface area contributed by atoms with Crippen molar-refractivity contribution < 1.29 is 8.42 Å². The molecule has 0 aliphatic carbocycles. The smallest absolute Gasteiger partial charge is 0.242 e. The van der Waals surface area contributed by atoms with Crippen molar-refractivity contribution in [3.63, 3.8) is 0 Å². The van der Waals surface area contributed by atoms with Crippen molar-refractivity contribution in [1.82, 2.24) is 15.0 Å². The van der Waals surface area contributed by atoms with Gasteiger partial charge in [-0.05, 0) is 41.4 Å². The van der Waals surface area contributed by atoms with Crippen molar-refractivity contribution in [2.45, 2.75) is 23.8 Å². The first-order valence-electron chi connectivity index (χ1n) is 5.41. The standard InChI is InChI=1S/C10H14BrN3O2S/c11-8-4-10(7-13-5-8)17(15,16)14-9-2-1-3-12-6-9/h4-5,7,9,12,14H,1-3,6H2/t9-/m0/s1. The predicted molar refractivity (Wildman–Crippen MR) is 68.2 cm³/mol. The highest BCUT2D eigenvalue weighted by Gasteiger charge is 2.21. The van der Waals surface area contributed by atoms with Crippen LogP contribution in [0, 0.1) is 0 Å². The molecule has 94 valence electrons. The molecule has 1 aromatic rings. The topological polar surface area (TPSA) is 71.1 Å². The number of piperidine rings is 1. The van der Waals surface area contributed by atoms with Crippen molar-refractivity contribution in [3.05, 3.63) is 22.9 Å². The van der Waals surface area contributed by atoms with Gasteiger partial charge in [-0.1, -0.05) is 0 Å². The molecule has 0 unspecified atom stereocenters. The zero-order valence-electron chi connectivity index (χ0n) is 9.19. The average Bonchev–Trinajstić information content (AvgIpc) is 2.30. The Hall–Kier alpha value is -0.500. The Morgan fingerprint density at radius 2 is 2.29 bits per heavy atom. The average molecular weight is 320 g/mol. The Bertz CT molecular complexity index is 486. The molecule has 2 N–H and O–H groups in total. The molecular formula is C10H14BrN3O2S. The summed E-state index contributed by atoms with van der Waals surface area (Å²) in [5.74, 6) is 0. The Morgan fingerprint density at radius 3 is 2.94 bits per heavy atom. The minimum atomic E-state index is -3.46. The van der Waals surface area contributed by atoms with Crippen molar-refractivity contribution in [2.75, 3.05) is 13.1 Å². The lowest BCUT2D eigenvalue weighted by atomic mass is 10.1. The number of hydrogen-bond acceptors (Lipinski definition) is 4. The fraction of sp³-hybridized carbons (Fsp3) is 0.500. The SMILES string of the molecule is O=S(=O)(N[C@H]1CCCNC1)c1cncc(Br)c1. The monoisotopic (exact) mass is 319 g/mol. The Balaban J connectivity index is 2.13. The van der Waals surface area contributed by atoms with Crippen LogP contribution in [0.15, 0.2) is 27.8 Å². The minimum Gasteiger partial charge on any atom is -0.315 e. The summed E-state index contributed by atoms with van der Waals surface area (Å²) in [5.41, 5.74) is 0. The summed E-state index contributed by atoms with van der Waals surface area (Å²) >= 11 is 3.21. The van der Waals surface area contributed by atoms with E-state index in [0.29, 0.717) is 11.0 Å². The summed E-state index contributed by atoms with van der Waals surface area (Å²) in [6, 6.07) is 1.51. The summed E-state index contributed by atoms with van der Waals surface area (Å²) in [6.07, 6.45) is 4.77. The Morgan fingerprint density at radius 1 is 1.47 bits per heavy atom. The molecule has 1 atom stereocenters. The molecule has 17 heavy (non-hydrogen) atoms. The second-order valence-corrected chi connectivity index (χ2v) is 6.63. The van der Waals surface area contributed by atoms with Gasteiger partial charge < -0.3 is 5.32 Å². The lowest BCUT2D eigenvalue weighted by Gasteiger charge is -2.23. The molecule has 1 aromatic heterocycles. The minimum absolute atomic E-state index is 0.0345. The summed E-state index contributed by atoms with van der Waals surface area (Å²) in [5, 5.41) is 3.17. The molecule has 7 heteroatoms. The largest absolute Gasteiger partial charge is 0.315 e. The molecular weight excluding hydrogens is 306 g/mol. The van der Waals surface area contributed by atoms with Gasteiger partial charge in [0.25, 0.3) is 0 Å². The maximum absolute atomic E-state index is 12.1. The van der Waals surface area contributed by atoms with Gasteiger partial charge in [0.1, 0.15) is 4.90 Å². The van der Waals surface area contributed by atoms with Crippen LogP contribution in [0.3, 0.4) is 0 Å². The van der Waals surface area contributed by atoms with E-state index < -0.39 is 10.0 Å². The van der Waals surface area contributed by atoms with Gasteiger partial charge in [0.05, 0.1) is 0 Å². The van der Waals surface area contributed by atoms with E-state index in [1.54, 1.807) is 12.3 Å². The number of sulfonamides is 1. The van der Waals surface area contributed by atoms with E-state index in [1.165, 1.54) is 6.20 Å². The second kappa shape index (κ2) is 5.43. The van der Waals surface area contributed by atoms with E-state index in [-0.39, 0.29) is 10.9 Å². The van der Waals surface area contributed by atoms with Crippen LogP contribution in [0.5, 0.6) is 0 Å². The number of halogens is 1.